The molecule has 0 saturated carbocycles. The summed E-state index contributed by atoms with van der Waals surface area (Å²) in [6, 6.07) is 6.79. The minimum atomic E-state index is -0.311. The molecule has 3 rings (SSSR count). The number of rotatable bonds is 8. The van der Waals surface area contributed by atoms with Crippen molar-refractivity contribution in [1.82, 2.24) is 10.7 Å². The number of furan rings is 1. The second kappa shape index (κ2) is 10.1. The summed E-state index contributed by atoms with van der Waals surface area (Å²) in [6.45, 7) is 2.94. The van der Waals surface area contributed by atoms with Crippen LogP contribution in [-0.2, 0) is 11.2 Å². The Morgan fingerprint density at radius 1 is 1.13 bits per heavy atom. The van der Waals surface area contributed by atoms with Gasteiger partial charge in [0.15, 0.2) is 5.76 Å². The average molecular weight is 413 g/mol. The van der Waals surface area contributed by atoms with Crippen molar-refractivity contribution in [2.75, 3.05) is 27.4 Å². The van der Waals surface area contributed by atoms with Gasteiger partial charge in [0.05, 0.1) is 12.8 Å². The van der Waals surface area contributed by atoms with Gasteiger partial charge in [0.1, 0.15) is 11.5 Å². The van der Waals surface area contributed by atoms with Gasteiger partial charge in [-0.25, -0.2) is 5.43 Å². The highest BCUT2D eigenvalue weighted by molar-refractivity contribution is 6.07. The second-order valence-electron chi connectivity index (χ2n) is 7.04. The number of hydrogen-bond donors (Lipinski definition) is 2. The number of hydrogen-bond acceptors (Lipinski definition) is 6. The highest BCUT2D eigenvalue weighted by Crippen LogP contribution is 2.29. The number of carbonyl (C=O) groups excluding carboxylic acids is 2. The van der Waals surface area contributed by atoms with E-state index >= 15 is 0 Å². The first kappa shape index (κ1) is 21.6. The molecule has 0 unspecified atom stereocenters. The lowest BCUT2D eigenvalue weighted by Gasteiger charge is -2.13. The Morgan fingerprint density at radius 2 is 1.90 bits per heavy atom. The summed E-state index contributed by atoms with van der Waals surface area (Å²) in [7, 11) is 3.20. The van der Waals surface area contributed by atoms with Crippen molar-refractivity contribution in [3.05, 3.63) is 52.5 Å². The zero-order chi connectivity index (χ0) is 21.5. The van der Waals surface area contributed by atoms with Crippen LogP contribution in [0.4, 0.5) is 0 Å². The molecule has 2 aromatic rings. The van der Waals surface area contributed by atoms with Gasteiger partial charge < -0.3 is 19.2 Å². The Balaban J connectivity index is 1.73. The lowest BCUT2D eigenvalue weighted by atomic mass is 9.93. The number of nitrogens with one attached hydrogen (secondary N) is 2. The zero-order valence-corrected chi connectivity index (χ0v) is 17.5. The quantitative estimate of drug-likeness (QED) is 0.512. The third kappa shape index (κ3) is 4.88. The van der Waals surface area contributed by atoms with Gasteiger partial charge in [-0.15, -0.1) is 0 Å². The molecular weight excluding hydrogens is 386 g/mol. The number of carbonyl (C=O) groups is 2. The normalized spacial score (nSPS) is 14.3. The van der Waals surface area contributed by atoms with Gasteiger partial charge >= 0.3 is 0 Å². The topological polar surface area (TPSA) is 102 Å². The van der Waals surface area contributed by atoms with Crippen LogP contribution < -0.4 is 15.5 Å². The van der Waals surface area contributed by atoms with Gasteiger partial charge in [-0.2, -0.15) is 5.10 Å². The van der Waals surface area contributed by atoms with Crippen LogP contribution in [0.15, 0.2) is 33.8 Å². The maximum atomic E-state index is 12.5. The van der Waals surface area contributed by atoms with Gasteiger partial charge in [-0.1, -0.05) is 0 Å². The average Bonchev–Trinajstić information content (AvgIpc) is 3.12. The van der Waals surface area contributed by atoms with E-state index in [0.29, 0.717) is 36.6 Å². The maximum absolute atomic E-state index is 12.5. The van der Waals surface area contributed by atoms with Crippen LogP contribution in [0.1, 0.15) is 57.1 Å². The number of amides is 2. The van der Waals surface area contributed by atoms with Crippen molar-refractivity contribution in [2.24, 2.45) is 5.10 Å². The van der Waals surface area contributed by atoms with E-state index < -0.39 is 0 Å². The van der Waals surface area contributed by atoms with Gasteiger partial charge in [0, 0.05) is 43.4 Å². The molecule has 0 fully saturated rings. The Kier molecular flexibility index (Phi) is 7.24. The number of ether oxygens (including phenoxy) is 2. The molecule has 30 heavy (non-hydrogen) atoms. The Bertz CT molecular complexity index is 931. The van der Waals surface area contributed by atoms with Crippen molar-refractivity contribution < 1.29 is 23.5 Å². The smallest absolute Gasteiger partial charge is 0.287 e. The van der Waals surface area contributed by atoms with Crippen molar-refractivity contribution in [3.63, 3.8) is 0 Å². The molecule has 8 heteroatoms. The number of aryl methyl sites for hydroxylation is 1. The van der Waals surface area contributed by atoms with E-state index in [2.05, 4.69) is 15.8 Å². The maximum Gasteiger partial charge on any atom is 0.287 e. The minimum Gasteiger partial charge on any atom is -0.497 e. The van der Waals surface area contributed by atoms with Crippen molar-refractivity contribution in [1.29, 1.82) is 0 Å². The molecule has 1 aromatic heterocycles. The molecular formula is C22H27N3O5. The summed E-state index contributed by atoms with van der Waals surface area (Å²) in [6.07, 6.45) is 3.00. The molecule has 2 amide bonds. The molecule has 1 heterocycles. The van der Waals surface area contributed by atoms with Crippen molar-refractivity contribution in [3.8, 4) is 5.75 Å². The van der Waals surface area contributed by atoms with E-state index in [9.17, 15) is 9.59 Å². The van der Waals surface area contributed by atoms with Gasteiger partial charge in [-0.05, 0) is 50.5 Å². The number of hydrazone groups is 1. The van der Waals surface area contributed by atoms with Crippen LogP contribution in [0.2, 0.25) is 0 Å². The van der Waals surface area contributed by atoms with Crippen LogP contribution in [0.25, 0.3) is 0 Å². The first-order chi connectivity index (χ1) is 14.5. The van der Waals surface area contributed by atoms with Crippen LogP contribution in [0, 0.1) is 6.92 Å². The Hall–Kier alpha value is -3.13. The van der Waals surface area contributed by atoms with Crippen LogP contribution >= 0.6 is 0 Å². The highest BCUT2D eigenvalue weighted by Gasteiger charge is 2.28. The summed E-state index contributed by atoms with van der Waals surface area (Å²) < 4.78 is 16.0. The molecule has 1 aromatic carbocycles. The first-order valence-electron chi connectivity index (χ1n) is 9.96. The minimum absolute atomic E-state index is 0.250. The molecule has 0 radical (unpaired) electrons. The standard InChI is InChI=1S/C22H27N3O5/c1-14-19-17(24-25-21(26)15-8-10-16(29-3)11-9-15)6-4-7-18(19)30-20(14)22(27)23-12-5-13-28-2/h8-11H,4-7,12-13H2,1-3H3,(H,23,27)(H,25,26)/b24-17+. The SMILES string of the molecule is COCCCNC(=O)c1oc2c(c1C)/C(=N/NC(=O)c1ccc(OC)cc1)CCC2. The van der Waals surface area contributed by atoms with Gasteiger partial charge in [-0.3, -0.25) is 9.59 Å². The molecule has 1 aliphatic carbocycles. The number of methoxy groups -OCH3 is 2. The molecule has 0 atom stereocenters. The largest absolute Gasteiger partial charge is 0.497 e. The fraction of sp³-hybridized carbons (Fsp3) is 0.409. The van der Waals surface area contributed by atoms with E-state index in [0.717, 1.165) is 41.9 Å². The Morgan fingerprint density at radius 3 is 2.60 bits per heavy atom. The van der Waals surface area contributed by atoms with E-state index in [1.54, 1.807) is 38.5 Å². The summed E-state index contributed by atoms with van der Waals surface area (Å²) >= 11 is 0. The van der Waals surface area contributed by atoms with Gasteiger partial charge in [0.25, 0.3) is 11.8 Å². The molecule has 2 N–H and O–H groups in total. The fourth-order valence-corrected chi connectivity index (χ4v) is 3.42. The number of nitrogens with zero attached hydrogens (tertiary/aromatic N) is 1. The summed E-state index contributed by atoms with van der Waals surface area (Å²) in [5.74, 6) is 1.15. The lowest BCUT2D eigenvalue weighted by molar-refractivity contribution is 0.0916. The monoisotopic (exact) mass is 413 g/mol. The molecule has 0 aliphatic heterocycles. The third-order valence-electron chi connectivity index (χ3n) is 4.99. The van der Waals surface area contributed by atoms with E-state index in [4.69, 9.17) is 13.9 Å². The summed E-state index contributed by atoms with van der Waals surface area (Å²) in [5.41, 5.74) is 5.38. The predicted molar refractivity (Wildman–Crippen MR) is 112 cm³/mol. The van der Waals surface area contributed by atoms with Crippen molar-refractivity contribution in [2.45, 2.75) is 32.6 Å². The molecule has 0 bridgehead atoms. The van der Waals surface area contributed by atoms with E-state index in [1.165, 1.54) is 0 Å². The van der Waals surface area contributed by atoms with Gasteiger partial charge in [0.2, 0.25) is 0 Å². The highest BCUT2D eigenvalue weighted by atomic mass is 16.5. The van der Waals surface area contributed by atoms with Crippen LogP contribution in [-0.4, -0.2) is 44.9 Å². The third-order valence-corrected chi connectivity index (χ3v) is 4.99. The molecule has 8 nitrogen and oxygen atoms in total. The zero-order valence-electron chi connectivity index (χ0n) is 17.5. The van der Waals surface area contributed by atoms with Crippen LogP contribution in [0.5, 0.6) is 5.75 Å². The van der Waals surface area contributed by atoms with E-state index in [1.807, 2.05) is 6.92 Å². The summed E-state index contributed by atoms with van der Waals surface area (Å²) in [5, 5.41) is 7.19. The second-order valence-corrected chi connectivity index (χ2v) is 7.04. The molecule has 1 aliphatic rings. The molecule has 160 valence electrons. The van der Waals surface area contributed by atoms with E-state index in [-0.39, 0.29) is 11.8 Å². The van der Waals surface area contributed by atoms with Crippen LogP contribution in [0.3, 0.4) is 0 Å². The predicted octanol–water partition coefficient (Wildman–Crippen LogP) is 2.83. The van der Waals surface area contributed by atoms with Crippen molar-refractivity contribution >= 4 is 17.5 Å². The Labute approximate surface area is 175 Å². The molecule has 0 saturated heterocycles. The number of fused-ring (bicyclic) bond motifs is 1. The fourth-order valence-electron chi connectivity index (χ4n) is 3.42. The lowest BCUT2D eigenvalue weighted by Crippen LogP contribution is -2.25. The molecule has 0 spiro atoms. The summed E-state index contributed by atoms with van der Waals surface area (Å²) in [4.78, 5) is 24.9. The number of benzene rings is 1. The first-order valence-corrected chi connectivity index (χ1v) is 9.96.